The quantitative estimate of drug-likeness (QED) is 0.815. The molecule has 0 saturated carbocycles. The van der Waals surface area contributed by atoms with Crippen molar-refractivity contribution in [3.05, 3.63) is 29.8 Å². The largest absolute Gasteiger partial charge is 0.394 e. The zero-order valence-electron chi connectivity index (χ0n) is 10.5. The van der Waals surface area contributed by atoms with E-state index in [4.69, 9.17) is 5.11 Å². The number of amides is 1. The number of carbonyl (C=O) groups excluding carboxylic acids is 1. The number of aliphatic hydroxyl groups is 1. The second kappa shape index (κ2) is 6.67. The number of nitrogens with zero attached hydrogens (tertiary/aromatic N) is 1. The fourth-order valence-electron chi connectivity index (χ4n) is 1.33. The van der Waals surface area contributed by atoms with Crippen molar-refractivity contribution in [2.24, 2.45) is 0 Å². The lowest BCUT2D eigenvalue weighted by atomic mass is 10.2. The number of aliphatic hydroxyl groups excluding tert-OH is 1. The molecule has 1 aromatic rings. The van der Waals surface area contributed by atoms with Crippen molar-refractivity contribution >= 4 is 17.7 Å². The molecule has 0 aromatic heterocycles. The van der Waals surface area contributed by atoms with Gasteiger partial charge in [-0.05, 0) is 25.5 Å². The molecule has 0 bridgehead atoms. The van der Waals surface area contributed by atoms with Gasteiger partial charge in [0.25, 0.3) is 0 Å². The van der Waals surface area contributed by atoms with E-state index in [1.54, 1.807) is 11.9 Å². The lowest BCUT2D eigenvalue weighted by Crippen LogP contribution is -2.38. The third kappa shape index (κ3) is 4.06. The minimum Gasteiger partial charge on any atom is -0.394 e. The van der Waals surface area contributed by atoms with Gasteiger partial charge in [0.1, 0.15) is 0 Å². The fourth-order valence-corrected chi connectivity index (χ4v) is 2.28. The third-order valence-corrected chi connectivity index (χ3v) is 3.92. The summed E-state index contributed by atoms with van der Waals surface area (Å²) in [6, 6.07) is 7.89. The van der Waals surface area contributed by atoms with Gasteiger partial charge in [0.15, 0.2) is 0 Å². The number of carbonyl (C=O) groups is 1. The Hall–Kier alpha value is -1.00. The standard InChI is InChI=1S/C13H19NO2S/c1-10-6-4-5-7-12(10)17-9-13(16)14(3)11(2)8-15/h4-7,11,15H,8-9H2,1-3H3. The molecule has 1 atom stereocenters. The highest BCUT2D eigenvalue weighted by Crippen LogP contribution is 2.22. The normalized spacial score (nSPS) is 12.2. The minimum atomic E-state index is -0.125. The highest BCUT2D eigenvalue weighted by atomic mass is 32.2. The van der Waals surface area contributed by atoms with Crippen molar-refractivity contribution in [1.82, 2.24) is 4.90 Å². The lowest BCUT2D eigenvalue weighted by Gasteiger charge is -2.23. The Balaban J connectivity index is 2.51. The van der Waals surface area contributed by atoms with E-state index in [-0.39, 0.29) is 18.6 Å². The molecule has 1 aromatic carbocycles. The average molecular weight is 253 g/mol. The number of likely N-dealkylation sites (N-methyl/N-ethyl adjacent to an activating group) is 1. The SMILES string of the molecule is Cc1ccccc1SCC(=O)N(C)C(C)CO. The van der Waals surface area contributed by atoms with Crippen molar-refractivity contribution in [2.75, 3.05) is 19.4 Å². The van der Waals surface area contributed by atoms with Crippen LogP contribution in [0.3, 0.4) is 0 Å². The molecule has 0 heterocycles. The minimum absolute atomic E-state index is 0.00271. The molecule has 0 aliphatic heterocycles. The second-order valence-electron chi connectivity index (χ2n) is 4.09. The summed E-state index contributed by atoms with van der Waals surface area (Å²) in [5, 5.41) is 8.98. The summed E-state index contributed by atoms with van der Waals surface area (Å²) in [7, 11) is 1.72. The predicted molar refractivity (Wildman–Crippen MR) is 71.2 cm³/mol. The first-order valence-corrected chi connectivity index (χ1v) is 6.59. The van der Waals surface area contributed by atoms with Crippen LogP contribution < -0.4 is 0 Å². The number of benzene rings is 1. The van der Waals surface area contributed by atoms with E-state index < -0.39 is 0 Å². The zero-order chi connectivity index (χ0) is 12.8. The molecule has 0 radical (unpaired) electrons. The fraction of sp³-hybridized carbons (Fsp3) is 0.462. The summed E-state index contributed by atoms with van der Waals surface area (Å²) in [5.41, 5.74) is 1.18. The van der Waals surface area contributed by atoms with E-state index in [1.807, 2.05) is 38.1 Å². The summed E-state index contributed by atoms with van der Waals surface area (Å²) >= 11 is 1.54. The van der Waals surface area contributed by atoms with Gasteiger partial charge in [-0.15, -0.1) is 11.8 Å². The number of hydrogen-bond donors (Lipinski definition) is 1. The number of aryl methyl sites for hydroxylation is 1. The van der Waals surface area contributed by atoms with Crippen LogP contribution in [0, 0.1) is 6.92 Å². The maximum Gasteiger partial charge on any atom is 0.232 e. The van der Waals surface area contributed by atoms with E-state index >= 15 is 0 Å². The molecule has 1 N–H and O–H groups in total. The van der Waals surface area contributed by atoms with Gasteiger partial charge in [-0.1, -0.05) is 18.2 Å². The molecule has 0 aliphatic rings. The van der Waals surface area contributed by atoms with Gasteiger partial charge in [-0.3, -0.25) is 4.79 Å². The Kier molecular flexibility index (Phi) is 5.51. The molecule has 1 amide bonds. The molecule has 1 rings (SSSR count). The van der Waals surface area contributed by atoms with Crippen molar-refractivity contribution < 1.29 is 9.90 Å². The zero-order valence-corrected chi connectivity index (χ0v) is 11.3. The van der Waals surface area contributed by atoms with Crippen LogP contribution in [-0.4, -0.2) is 41.4 Å². The van der Waals surface area contributed by atoms with Crippen LogP contribution in [0.2, 0.25) is 0 Å². The van der Waals surface area contributed by atoms with Gasteiger partial charge in [-0.25, -0.2) is 0 Å². The molecular weight excluding hydrogens is 234 g/mol. The van der Waals surface area contributed by atoms with Crippen LogP contribution in [-0.2, 0) is 4.79 Å². The summed E-state index contributed by atoms with van der Waals surface area (Å²) in [6.07, 6.45) is 0. The van der Waals surface area contributed by atoms with Gasteiger partial charge in [0.05, 0.1) is 18.4 Å². The molecule has 3 nitrogen and oxygen atoms in total. The molecule has 17 heavy (non-hydrogen) atoms. The van der Waals surface area contributed by atoms with Crippen LogP contribution in [0.4, 0.5) is 0 Å². The molecule has 0 aliphatic carbocycles. The highest BCUT2D eigenvalue weighted by molar-refractivity contribution is 8.00. The summed E-state index contributed by atoms with van der Waals surface area (Å²) in [4.78, 5) is 14.5. The maximum atomic E-state index is 11.8. The smallest absolute Gasteiger partial charge is 0.232 e. The first-order chi connectivity index (χ1) is 8.06. The first kappa shape index (κ1) is 14.1. The molecule has 0 spiro atoms. The predicted octanol–water partition coefficient (Wildman–Crippen LogP) is 1.93. The summed E-state index contributed by atoms with van der Waals surface area (Å²) < 4.78 is 0. The topological polar surface area (TPSA) is 40.5 Å². The van der Waals surface area contributed by atoms with Crippen molar-refractivity contribution in [3.63, 3.8) is 0 Å². The number of thioether (sulfide) groups is 1. The lowest BCUT2D eigenvalue weighted by molar-refractivity contribution is -0.129. The Bertz CT molecular complexity index is 381. The second-order valence-corrected chi connectivity index (χ2v) is 5.11. The van der Waals surface area contributed by atoms with Crippen LogP contribution >= 0.6 is 11.8 Å². The molecule has 4 heteroatoms. The molecule has 0 saturated heterocycles. The third-order valence-electron chi connectivity index (χ3n) is 2.76. The molecule has 0 fully saturated rings. The summed E-state index contributed by atoms with van der Waals surface area (Å²) in [5.74, 6) is 0.450. The van der Waals surface area contributed by atoms with E-state index in [2.05, 4.69) is 0 Å². The molecular formula is C13H19NO2S. The van der Waals surface area contributed by atoms with Crippen LogP contribution in [0.5, 0.6) is 0 Å². The van der Waals surface area contributed by atoms with Gasteiger partial charge in [0.2, 0.25) is 5.91 Å². The maximum absolute atomic E-state index is 11.8. The number of rotatable bonds is 5. The van der Waals surface area contributed by atoms with Gasteiger partial charge >= 0.3 is 0 Å². The Morgan fingerprint density at radius 3 is 2.71 bits per heavy atom. The van der Waals surface area contributed by atoms with Gasteiger partial charge in [0, 0.05) is 11.9 Å². The van der Waals surface area contributed by atoms with Gasteiger partial charge < -0.3 is 10.0 Å². The van der Waals surface area contributed by atoms with E-state index in [0.717, 1.165) is 4.90 Å². The number of hydrogen-bond acceptors (Lipinski definition) is 3. The van der Waals surface area contributed by atoms with Crippen molar-refractivity contribution in [3.8, 4) is 0 Å². The van der Waals surface area contributed by atoms with Gasteiger partial charge in [-0.2, -0.15) is 0 Å². The van der Waals surface area contributed by atoms with E-state index in [9.17, 15) is 4.79 Å². The highest BCUT2D eigenvalue weighted by Gasteiger charge is 2.15. The molecule has 1 unspecified atom stereocenters. The van der Waals surface area contributed by atoms with Crippen molar-refractivity contribution in [1.29, 1.82) is 0 Å². The van der Waals surface area contributed by atoms with Crippen molar-refractivity contribution in [2.45, 2.75) is 24.8 Å². The Labute approximate surface area is 107 Å². The van der Waals surface area contributed by atoms with Crippen LogP contribution in [0.25, 0.3) is 0 Å². The average Bonchev–Trinajstić information content (AvgIpc) is 2.35. The van der Waals surface area contributed by atoms with Crippen LogP contribution in [0.15, 0.2) is 29.2 Å². The molecule has 94 valence electrons. The van der Waals surface area contributed by atoms with E-state index in [1.165, 1.54) is 17.3 Å². The Morgan fingerprint density at radius 1 is 1.47 bits per heavy atom. The summed E-state index contributed by atoms with van der Waals surface area (Å²) in [6.45, 7) is 3.86. The van der Waals surface area contributed by atoms with E-state index in [0.29, 0.717) is 5.75 Å². The first-order valence-electron chi connectivity index (χ1n) is 5.61. The van der Waals surface area contributed by atoms with Crippen LogP contribution in [0.1, 0.15) is 12.5 Å². The monoisotopic (exact) mass is 253 g/mol. The Morgan fingerprint density at radius 2 is 2.12 bits per heavy atom.